The number of nitrogens with two attached hydrogens (primary N) is 1. The van der Waals surface area contributed by atoms with Crippen molar-refractivity contribution < 1.29 is 0 Å². The fourth-order valence-corrected chi connectivity index (χ4v) is 0.956. The zero-order valence-electron chi connectivity index (χ0n) is 3.35. The third kappa shape index (κ3) is 0.801. The normalized spacial score (nSPS) is 33.2. The summed E-state index contributed by atoms with van der Waals surface area (Å²) >= 11 is 1.64. The van der Waals surface area contributed by atoms with E-state index in [1.165, 1.54) is 0 Å². The maximum atomic E-state index is 5.36. The summed E-state index contributed by atoms with van der Waals surface area (Å²) in [6.07, 6.45) is 0. The molecule has 1 saturated heterocycles. The highest BCUT2D eigenvalue weighted by atomic mass is 32.2. The average Bonchev–Trinajstić information content (AvgIpc) is 1.86. The standard InChI is InChI=1S/C3H7N2S/c4-3-5-1-2-6-3/h2-3,5H,1,4H2/q+1. The Bertz CT molecular complexity index is 42.1. The molecule has 6 heavy (non-hydrogen) atoms. The Morgan fingerprint density at radius 2 is 2.83 bits per heavy atom. The molecule has 1 heterocycles. The van der Waals surface area contributed by atoms with E-state index in [1.54, 1.807) is 11.8 Å². The van der Waals surface area contributed by atoms with Crippen LogP contribution >= 0.6 is 11.8 Å². The van der Waals surface area contributed by atoms with Gasteiger partial charge in [-0.25, -0.2) is 0 Å². The SMILES string of the molecule is NC1NC[CH+]S1. The molecule has 2 nitrogen and oxygen atoms in total. The van der Waals surface area contributed by atoms with E-state index in [0.717, 1.165) is 6.54 Å². The number of hydrogen-bond donors (Lipinski definition) is 2. The van der Waals surface area contributed by atoms with Gasteiger partial charge in [-0.1, -0.05) is 0 Å². The smallest absolute Gasteiger partial charge is 0.161 e. The van der Waals surface area contributed by atoms with Gasteiger partial charge >= 0.3 is 0 Å². The first-order chi connectivity index (χ1) is 2.89. The van der Waals surface area contributed by atoms with Crippen molar-refractivity contribution in [3.63, 3.8) is 0 Å². The molecular formula is C3H7N2S+. The Morgan fingerprint density at radius 1 is 2.00 bits per heavy atom. The molecule has 0 radical (unpaired) electrons. The van der Waals surface area contributed by atoms with Crippen molar-refractivity contribution in [1.82, 2.24) is 5.32 Å². The molecule has 0 aliphatic carbocycles. The number of nitrogens with one attached hydrogen (secondary N) is 1. The van der Waals surface area contributed by atoms with Gasteiger partial charge in [0.25, 0.3) is 0 Å². The summed E-state index contributed by atoms with van der Waals surface area (Å²) in [6, 6.07) is 0. The van der Waals surface area contributed by atoms with E-state index in [-0.39, 0.29) is 5.50 Å². The molecule has 0 aromatic carbocycles. The highest BCUT2D eigenvalue weighted by Crippen LogP contribution is 2.11. The lowest BCUT2D eigenvalue weighted by Gasteiger charge is -1.88. The first kappa shape index (κ1) is 4.30. The number of rotatable bonds is 0. The largest absolute Gasteiger partial charge is 0.304 e. The molecule has 1 atom stereocenters. The lowest BCUT2D eigenvalue weighted by Crippen LogP contribution is -2.27. The molecule has 0 aromatic heterocycles. The first-order valence-electron chi connectivity index (χ1n) is 1.86. The summed E-state index contributed by atoms with van der Waals surface area (Å²) in [7, 11) is 0. The van der Waals surface area contributed by atoms with Crippen LogP contribution in [0.4, 0.5) is 0 Å². The van der Waals surface area contributed by atoms with Crippen LogP contribution in [0, 0.1) is 5.75 Å². The third-order valence-corrected chi connectivity index (χ3v) is 1.46. The molecule has 0 aromatic rings. The lowest BCUT2D eigenvalue weighted by molar-refractivity contribution is 0.749. The van der Waals surface area contributed by atoms with E-state index in [9.17, 15) is 0 Å². The predicted molar refractivity (Wildman–Crippen MR) is 27.9 cm³/mol. The molecule has 0 amide bonds. The van der Waals surface area contributed by atoms with Gasteiger partial charge in [-0.15, -0.1) is 0 Å². The summed E-state index contributed by atoms with van der Waals surface area (Å²) in [5.41, 5.74) is 5.51. The molecule has 0 bridgehead atoms. The van der Waals surface area contributed by atoms with Crippen LogP contribution in [0.3, 0.4) is 0 Å². The van der Waals surface area contributed by atoms with E-state index >= 15 is 0 Å². The second-order valence-corrected chi connectivity index (χ2v) is 2.24. The maximum Gasteiger partial charge on any atom is 0.161 e. The number of thioether (sulfide) groups is 1. The highest BCUT2D eigenvalue weighted by Gasteiger charge is 2.17. The summed E-state index contributed by atoms with van der Waals surface area (Å²) in [5, 5.41) is 3.00. The van der Waals surface area contributed by atoms with E-state index in [4.69, 9.17) is 5.73 Å². The van der Waals surface area contributed by atoms with E-state index in [0.29, 0.717) is 0 Å². The molecular weight excluding hydrogens is 96.1 g/mol. The van der Waals surface area contributed by atoms with Gasteiger partial charge in [0, 0.05) is 0 Å². The van der Waals surface area contributed by atoms with Gasteiger partial charge in [-0.05, 0) is 0 Å². The van der Waals surface area contributed by atoms with E-state index in [2.05, 4.69) is 11.1 Å². The van der Waals surface area contributed by atoms with Crippen molar-refractivity contribution in [3.8, 4) is 0 Å². The second kappa shape index (κ2) is 1.73. The van der Waals surface area contributed by atoms with E-state index in [1.807, 2.05) is 0 Å². The van der Waals surface area contributed by atoms with Crippen molar-refractivity contribution in [2.75, 3.05) is 6.54 Å². The summed E-state index contributed by atoms with van der Waals surface area (Å²) < 4.78 is 0. The van der Waals surface area contributed by atoms with Gasteiger partial charge in [0.15, 0.2) is 17.8 Å². The molecule has 1 aliphatic rings. The average molecular weight is 103 g/mol. The van der Waals surface area contributed by atoms with Crippen LogP contribution in [0.5, 0.6) is 0 Å². The molecule has 0 spiro atoms. The maximum absolute atomic E-state index is 5.36. The topological polar surface area (TPSA) is 38.0 Å². The Morgan fingerprint density at radius 3 is 3.00 bits per heavy atom. The molecule has 3 N–H and O–H groups in total. The van der Waals surface area contributed by atoms with Crippen LogP contribution in [0.1, 0.15) is 0 Å². The van der Waals surface area contributed by atoms with Crippen LogP contribution in [-0.2, 0) is 0 Å². The van der Waals surface area contributed by atoms with Gasteiger partial charge in [0.05, 0.1) is 11.8 Å². The van der Waals surface area contributed by atoms with Crippen LogP contribution in [0.2, 0.25) is 0 Å². The fraction of sp³-hybridized carbons (Fsp3) is 0.667. The lowest BCUT2D eigenvalue weighted by atomic mass is 10.8. The summed E-state index contributed by atoms with van der Waals surface area (Å²) in [6.45, 7) is 0.950. The third-order valence-electron chi connectivity index (χ3n) is 0.645. The highest BCUT2D eigenvalue weighted by molar-refractivity contribution is 8.02. The van der Waals surface area contributed by atoms with Crippen molar-refractivity contribution in [1.29, 1.82) is 0 Å². The first-order valence-corrected chi connectivity index (χ1v) is 2.80. The van der Waals surface area contributed by atoms with Crippen LogP contribution < -0.4 is 11.1 Å². The van der Waals surface area contributed by atoms with Crippen molar-refractivity contribution in [2.45, 2.75) is 5.50 Å². The Labute approximate surface area is 41.5 Å². The monoisotopic (exact) mass is 103 g/mol. The molecule has 1 unspecified atom stereocenters. The number of hydrogen-bond acceptors (Lipinski definition) is 3. The van der Waals surface area contributed by atoms with E-state index < -0.39 is 0 Å². The molecule has 1 aliphatic heterocycles. The van der Waals surface area contributed by atoms with Crippen molar-refractivity contribution in [2.24, 2.45) is 5.73 Å². The quantitative estimate of drug-likeness (QED) is 0.414. The molecule has 3 heteroatoms. The molecule has 0 saturated carbocycles. The predicted octanol–water partition coefficient (Wildman–Crippen LogP) is -0.273. The van der Waals surface area contributed by atoms with Crippen LogP contribution in [-0.4, -0.2) is 12.0 Å². The molecule has 1 fully saturated rings. The Hall–Kier alpha value is 0.140. The van der Waals surface area contributed by atoms with Gasteiger partial charge in [-0.3, -0.25) is 5.32 Å². The molecule has 34 valence electrons. The van der Waals surface area contributed by atoms with Gasteiger partial charge < -0.3 is 5.73 Å². The minimum Gasteiger partial charge on any atom is -0.304 e. The Kier molecular flexibility index (Phi) is 1.24. The van der Waals surface area contributed by atoms with Crippen molar-refractivity contribution >= 4 is 11.8 Å². The second-order valence-electron chi connectivity index (χ2n) is 1.13. The van der Waals surface area contributed by atoms with Crippen LogP contribution in [0.15, 0.2) is 0 Å². The fourth-order valence-electron chi connectivity index (χ4n) is 0.364. The minimum atomic E-state index is 0.157. The van der Waals surface area contributed by atoms with Crippen LogP contribution in [0.25, 0.3) is 0 Å². The Balaban J connectivity index is 2.18. The summed E-state index contributed by atoms with van der Waals surface area (Å²) in [4.78, 5) is 0. The van der Waals surface area contributed by atoms with Crippen molar-refractivity contribution in [3.05, 3.63) is 5.75 Å². The zero-order valence-corrected chi connectivity index (χ0v) is 4.16. The van der Waals surface area contributed by atoms with Gasteiger partial charge in [-0.2, -0.15) is 0 Å². The minimum absolute atomic E-state index is 0.157. The summed E-state index contributed by atoms with van der Waals surface area (Å²) in [5.74, 6) is 2.06. The van der Waals surface area contributed by atoms with Gasteiger partial charge in [0.2, 0.25) is 0 Å². The zero-order chi connectivity index (χ0) is 4.41. The molecule has 1 rings (SSSR count). The van der Waals surface area contributed by atoms with Gasteiger partial charge in [0.1, 0.15) is 0 Å².